The number of aromatic nitrogens is 3. The summed E-state index contributed by atoms with van der Waals surface area (Å²) in [5.41, 5.74) is 1.39. The van der Waals surface area contributed by atoms with Crippen molar-refractivity contribution >= 4 is 11.3 Å². The minimum Gasteiger partial charge on any atom is -0.317 e. The lowest BCUT2D eigenvalue weighted by molar-refractivity contribution is 0.546. The monoisotopic (exact) mass is 264 g/mol. The van der Waals surface area contributed by atoms with Gasteiger partial charge in [0.05, 0.1) is 6.54 Å². The zero-order chi connectivity index (χ0) is 13.3. The van der Waals surface area contributed by atoms with E-state index in [1.54, 1.807) is 0 Å². The molecule has 0 amide bonds. The highest BCUT2D eigenvalue weighted by Gasteiger charge is 2.12. The third kappa shape index (κ3) is 2.62. The van der Waals surface area contributed by atoms with E-state index >= 15 is 0 Å². The molecule has 0 aliphatic carbocycles. The first-order valence-corrected chi connectivity index (χ1v) is 6.96. The standard InChI is InChI=1S/C13H20N4S/c1-8-6-12(10(3)18-8)9(2)14-7-13-16-15-11(4)17(13)5/h6,9,14H,7H2,1-5H3. The average Bonchev–Trinajstić information content (AvgIpc) is 2.81. The zero-order valence-electron chi connectivity index (χ0n) is 11.6. The number of hydrogen-bond donors (Lipinski definition) is 1. The summed E-state index contributed by atoms with van der Waals surface area (Å²) in [6.07, 6.45) is 0. The second kappa shape index (κ2) is 5.20. The summed E-state index contributed by atoms with van der Waals surface area (Å²) in [7, 11) is 2.00. The molecule has 98 valence electrons. The maximum absolute atomic E-state index is 4.16. The van der Waals surface area contributed by atoms with E-state index in [0.717, 1.165) is 18.2 Å². The first-order chi connectivity index (χ1) is 8.49. The Morgan fingerprint density at radius 1 is 1.33 bits per heavy atom. The Morgan fingerprint density at radius 2 is 2.06 bits per heavy atom. The summed E-state index contributed by atoms with van der Waals surface area (Å²) in [6.45, 7) is 9.23. The van der Waals surface area contributed by atoms with Gasteiger partial charge in [-0.3, -0.25) is 0 Å². The Morgan fingerprint density at radius 3 is 2.56 bits per heavy atom. The lowest BCUT2D eigenvalue weighted by Gasteiger charge is -2.13. The van der Waals surface area contributed by atoms with Gasteiger partial charge in [0.2, 0.25) is 0 Å². The van der Waals surface area contributed by atoms with Crippen LogP contribution in [0.3, 0.4) is 0 Å². The molecule has 2 aromatic rings. The van der Waals surface area contributed by atoms with Crippen molar-refractivity contribution in [2.75, 3.05) is 0 Å². The molecule has 0 bridgehead atoms. The van der Waals surface area contributed by atoms with Gasteiger partial charge in [0.15, 0.2) is 0 Å². The molecule has 0 aliphatic heterocycles. The summed E-state index contributed by atoms with van der Waals surface area (Å²) in [6, 6.07) is 2.60. The Balaban J connectivity index is 2.02. The Hall–Kier alpha value is -1.20. The Labute approximate surface area is 112 Å². The maximum atomic E-state index is 4.16. The van der Waals surface area contributed by atoms with Gasteiger partial charge in [-0.1, -0.05) is 0 Å². The molecule has 1 N–H and O–H groups in total. The predicted molar refractivity (Wildman–Crippen MR) is 74.8 cm³/mol. The van der Waals surface area contributed by atoms with Crippen molar-refractivity contribution in [1.82, 2.24) is 20.1 Å². The lowest BCUT2D eigenvalue weighted by atomic mass is 10.1. The molecule has 0 aliphatic rings. The van der Waals surface area contributed by atoms with E-state index in [0.29, 0.717) is 6.04 Å². The third-order valence-electron chi connectivity index (χ3n) is 3.29. The van der Waals surface area contributed by atoms with Crippen molar-refractivity contribution < 1.29 is 0 Å². The van der Waals surface area contributed by atoms with Crippen LogP contribution in [-0.4, -0.2) is 14.8 Å². The van der Waals surface area contributed by atoms with Crippen molar-refractivity contribution in [3.63, 3.8) is 0 Å². The van der Waals surface area contributed by atoms with Crippen molar-refractivity contribution in [2.45, 2.75) is 40.3 Å². The number of hydrogen-bond acceptors (Lipinski definition) is 4. The van der Waals surface area contributed by atoms with Gasteiger partial charge in [0.25, 0.3) is 0 Å². The van der Waals surface area contributed by atoms with Crippen LogP contribution in [0.25, 0.3) is 0 Å². The fourth-order valence-corrected chi connectivity index (χ4v) is 3.06. The highest BCUT2D eigenvalue weighted by Crippen LogP contribution is 2.26. The quantitative estimate of drug-likeness (QED) is 0.923. The summed E-state index contributed by atoms with van der Waals surface area (Å²) >= 11 is 1.85. The van der Waals surface area contributed by atoms with Crippen molar-refractivity contribution in [2.24, 2.45) is 7.05 Å². The van der Waals surface area contributed by atoms with Gasteiger partial charge < -0.3 is 9.88 Å². The molecular weight excluding hydrogens is 244 g/mol. The molecule has 18 heavy (non-hydrogen) atoms. The van der Waals surface area contributed by atoms with Crippen LogP contribution in [-0.2, 0) is 13.6 Å². The van der Waals surface area contributed by atoms with Crippen molar-refractivity contribution in [3.8, 4) is 0 Å². The van der Waals surface area contributed by atoms with E-state index in [2.05, 4.69) is 42.4 Å². The molecule has 2 rings (SSSR count). The van der Waals surface area contributed by atoms with Gasteiger partial charge in [-0.2, -0.15) is 0 Å². The molecule has 0 saturated heterocycles. The number of rotatable bonds is 4. The normalized spacial score (nSPS) is 12.9. The first kappa shape index (κ1) is 13.2. The summed E-state index contributed by atoms with van der Waals surface area (Å²) < 4.78 is 2.02. The Kier molecular flexibility index (Phi) is 3.82. The Bertz CT molecular complexity index is 541. The van der Waals surface area contributed by atoms with E-state index in [1.165, 1.54) is 15.3 Å². The molecule has 4 nitrogen and oxygen atoms in total. The van der Waals surface area contributed by atoms with Gasteiger partial charge in [0.1, 0.15) is 11.6 Å². The van der Waals surface area contributed by atoms with Gasteiger partial charge in [0, 0.05) is 22.8 Å². The van der Waals surface area contributed by atoms with E-state index in [4.69, 9.17) is 0 Å². The molecule has 0 saturated carbocycles. The number of nitrogens with one attached hydrogen (secondary N) is 1. The van der Waals surface area contributed by atoms with Crippen LogP contribution in [0.5, 0.6) is 0 Å². The molecule has 0 fully saturated rings. The molecule has 5 heteroatoms. The average molecular weight is 264 g/mol. The summed E-state index contributed by atoms with van der Waals surface area (Å²) in [5, 5.41) is 11.7. The fourth-order valence-electron chi connectivity index (χ4n) is 2.04. The third-order valence-corrected chi connectivity index (χ3v) is 4.28. The summed E-state index contributed by atoms with van der Waals surface area (Å²) in [4.78, 5) is 2.76. The maximum Gasteiger partial charge on any atom is 0.146 e. The zero-order valence-corrected chi connectivity index (χ0v) is 12.4. The van der Waals surface area contributed by atoms with Crippen LogP contribution >= 0.6 is 11.3 Å². The van der Waals surface area contributed by atoms with Gasteiger partial charge in [-0.25, -0.2) is 0 Å². The van der Waals surface area contributed by atoms with Crippen LogP contribution in [0.2, 0.25) is 0 Å². The molecule has 0 radical (unpaired) electrons. The van der Waals surface area contributed by atoms with E-state index in [-0.39, 0.29) is 0 Å². The predicted octanol–water partition coefficient (Wildman–Crippen LogP) is 2.65. The van der Waals surface area contributed by atoms with Gasteiger partial charge in [-0.05, 0) is 39.3 Å². The highest BCUT2D eigenvalue weighted by molar-refractivity contribution is 7.12. The fraction of sp³-hybridized carbons (Fsp3) is 0.538. The van der Waals surface area contributed by atoms with Gasteiger partial charge >= 0.3 is 0 Å². The largest absolute Gasteiger partial charge is 0.317 e. The number of nitrogens with zero attached hydrogens (tertiary/aromatic N) is 3. The smallest absolute Gasteiger partial charge is 0.146 e. The molecule has 0 spiro atoms. The number of thiophene rings is 1. The van der Waals surface area contributed by atoms with Crippen molar-refractivity contribution in [1.29, 1.82) is 0 Å². The van der Waals surface area contributed by atoms with Gasteiger partial charge in [-0.15, -0.1) is 21.5 Å². The number of aryl methyl sites for hydroxylation is 3. The molecule has 2 aromatic heterocycles. The van der Waals surface area contributed by atoms with Crippen LogP contribution in [0, 0.1) is 20.8 Å². The summed E-state index contributed by atoms with van der Waals surface area (Å²) in [5.74, 6) is 1.92. The second-order valence-electron chi connectivity index (χ2n) is 4.69. The van der Waals surface area contributed by atoms with E-state index < -0.39 is 0 Å². The topological polar surface area (TPSA) is 42.7 Å². The molecule has 1 atom stereocenters. The van der Waals surface area contributed by atoms with Crippen LogP contribution in [0.1, 0.15) is 39.9 Å². The molecular formula is C13H20N4S. The van der Waals surface area contributed by atoms with Crippen LogP contribution in [0.4, 0.5) is 0 Å². The SMILES string of the molecule is Cc1cc(C(C)NCc2nnc(C)n2C)c(C)s1. The van der Waals surface area contributed by atoms with Crippen LogP contribution in [0.15, 0.2) is 6.07 Å². The first-order valence-electron chi connectivity index (χ1n) is 6.14. The van der Waals surface area contributed by atoms with E-state index in [9.17, 15) is 0 Å². The highest BCUT2D eigenvalue weighted by atomic mass is 32.1. The lowest BCUT2D eigenvalue weighted by Crippen LogP contribution is -2.20. The minimum absolute atomic E-state index is 0.340. The van der Waals surface area contributed by atoms with Crippen LogP contribution < -0.4 is 5.32 Å². The molecule has 2 heterocycles. The van der Waals surface area contributed by atoms with Crippen molar-refractivity contribution in [3.05, 3.63) is 33.0 Å². The second-order valence-corrected chi connectivity index (χ2v) is 6.15. The minimum atomic E-state index is 0.340. The molecule has 0 aromatic carbocycles. The molecule has 1 unspecified atom stereocenters. The van der Waals surface area contributed by atoms with E-state index in [1.807, 2.05) is 29.9 Å².